The summed E-state index contributed by atoms with van der Waals surface area (Å²) in [5, 5.41) is 13.8. The fourth-order valence-electron chi connectivity index (χ4n) is 2.67. The average Bonchev–Trinajstić information content (AvgIpc) is 2.72. The van der Waals surface area contributed by atoms with Gasteiger partial charge in [0, 0.05) is 13.0 Å². The maximum absolute atomic E-state index is 12.0. The molecule has 1 amide bonds. The predicted molar refractivity (Wildman–Crippen MR) is 113 cm³/mol. The Morgan fingerprint density at radius 1 is 1.10 bits per heavy atom. The van der Waals surface area contributed by atoms with Crippen LogP contribution in [-0.2, 0) is 11.2 Å². The van der Waals surface area contributed by atoms with Crippen molar-refractivity contribution in [2.75, 3.05) is 27.4 Å². The van der Waals surface area contributed by atoms with E-state index in [9.17, 15) is 9.90 Å². The van der Waals surface area contributed by atoms with Gasteiger partial charge in [-0.05, 0) is 42.7 Å². The topological polar surface area (TPSA) is 77.0 Å². The number of aliphatic hydroxyl groups is 1. The summed E-state index contributed by atoms with van der Waals surface area (Å²) in [7, 11) is 3.05. The molecule has 0 aliphatic carbocycles. The number of benzene rings is 2. The standard InChI is InChI=1S/C21H25Cl2NO5/c1-27-18-6-4-7-19(28-2)21(18)29-13-15(25)12-24-20(26)8-3-5-14-9-10-16(22)17(23)11-14/h4,6-7,9-11,15,25H,3,5,8,12-13H2,1-2H3,(H,24,26). The second kappa shape index (κ2) is 11.8. The van der Waals surface area contributed by atoms with Crippen LogP contribution in [0.2, 0.25) is 10.0 Å². The second-order valence-electron chi connectivity index (χ2n) is 6.36. The summed E-state index contributed by atoms with van der Waals surface area (Å²) in [4.78, 5) is 12.0. The third-order valence-corrected chi connectivity index (χ3v) is 4.93. The molecule has 0 fully saturated rings. The van der Waals surface area contributed by atoms with Crippen molar-refractivity contribution < 1.29 is 24.1 Å². The van der Waals surface area contributed by atoms with E-state index < -0.39 is 6.10 Å². The maximum Gasteiger partial charge on any atom is 0.220 e. The minimum absolute atomic E-state index is 0.0136. The van der Waals surface area contributed by atoms with Crippen LogP contribution in [0.1, 0.15) is 18.4 Å². The zero-order valence-electron chi connectivity index (χ0n) is 16.4. The number of nitrogens with one attached hydrogen (secondary N) is 1. The number of carbonyl (C=O) groups is 1. The monoisotopic (exact) mass is 441 g/mol. The number of hydrogen-bond acceptors (Lipinski definition) is 5. The van der Waals surface area contributed by atoms with Gasteiger partial charge in [0.1, 0.15) is 12.7 Å². The number of carbonyl (C=O) groups excluding carboxylic acids is 1. The molecule has 0 aromatic heterocycles. The quantitative estimate of drug-likeness (QED) is 0.552. The van der Waals surface area contributed by atoms with E-state index in [1.807, 2.05) is 6.07 Å². The highest BCUT2D eigenvalue weighted by molar-refractivity contribution is 6.42. The lowest BCUT2D eigenvalue weighted by Crippen LogP contribution is -2.35. The van der Waals surface area contributed by atoms with Crippen LogP contribution in [0.25, 0.3) is 0 Å². The molecule has 1 unspecified atom stereocenters. The molecule has 0 radical (unpaired) electrons. The Balaban J connectivity index is 1.71. The molecule has 2 rings (SSSR count). The van der Waals surface area contributed by atoms with E-state index in [1.54, 1.807) is 30.3 Å². The Labute approximate surface area is 180 Å². The number of aryl methyl sites for hydroxylation is 1. The zero-order chi connectivity index (χ0) is 21.2. The fraction of sp³-hybridized carbons (Fsp3) is 0.381. The minimum atomic E-state index is -0.872. The van der Waals surface area contributed by atoms with Crippen LogP contribution < -0.4 is 19.5 Å². The largest absolute Gasteiger partial charge is 0.493 e. The summed E-state index contributed by atoms with van der Waals surface area (Å²) in [6.45, 7) is 0.0728. The SMILES string of the molecule is COc1cccc(OC)c1OCC(O)CNC(=O)CCCc1ccc(Cl)c(Cl)c1. The highest BCUT2D eigenvalue weighted by atomic mass is 35.5. The number of halogens is 2. The minimum Gasteiger partial charge on any atom is -0.493 e. The average molecular weight is 442 g/mol. The summed E-state index contributed by atoms with van der Waals surface area (Å²) in [6, 6.07) is 10.7. The van der Waals surface area contributed by atoms with Gasteiger partial charge in [-0.15, -0.1) is 0 Å². The third-order valence-electron chi connectivity index (χ3n) is 4.19. The van der Waals surface area contributed by atoms with E-state index in [0.717, 1.165) is 5.56 Å². The van der Waals surface area contributed by atoms with Crippen LogP contribution in [0, 0.1) is 0 Å². The Kier molecular flexibility index (Phi) is 9.38. The maximum atomic E-state index is 12.0. The number of hydrogen-bond donors (Lipinski definition) is 2. The first kappa shape index (κ1) is 23.1. The molecule has 0 bridgehead atoms. The molecule has 158 valence electrons. The molecule has 2 aromatic carbocycles. The first-order chi connectivity index (χ1) is 13.9. The van der Waals surface area contributed by atoms with Gasteiger partial charge in [0.05, 0.1) is 24.3 Å². The van der Waals surface area contributed by atoms with Gasteiger partial charge in [0.2, 0.25) is 11.7 Å². The number of methoxy groups -OCH3 is 2. The van der Waals surface area contributed by atoms with Crippen molar-refractivity contribution in [1.82, 2.24) is 5.32 Å². The van der Waals surface area contributed by atoms with Gasteiger partial charge in [-0.1, -0.05) is 35.3 Å². The smallest absolute Gasteiger partial charge is 0.220 e. The van der Waals surface area contributed by atoms with Gasteiger partial charge in [-0.2, -0.15) is 0 Å². The summed E-state index contributed by atoms with van der Waals surface area (Å²) in [5.74, 6) is 1.27. The van der Waals surface area contributed by atoms with Gasteiger partial charge in [0.15, 0.2) is 11.5 Å². The molecule has 0 spiro atoms. The zero-order valence-corrected chi connectivity index (χ0v) is 17.9. The summed E-state index contributed by atoms with van der Waals surface area (Å²) >= 11 is 11.9. The number of rotatable bonds is 11. The number of ether oxygens (including phenoxy) is 3. The number of aliphatic hydroxyl groups excluding tert-OH is 1. The van der Waals surface area contributed by atoms with Crippen molar-refractivity contribution in [2.24, 2.45) is 0 Å². The third kappa shape index (κ3) is 7.31. The van der Waals surface area contributed by atoms with Crippen LogP contribution in [0.5, 0.6) is 17.2 Å². The van der Waals surface area contributed by atoms with E-state index in [4.69, 9.17) is 37.4 Å². The molecule has 29 heavy (non-hydrogen) atoms. The molecule has 0 aliphatic heterocycles. The van der Waals surface area contributed by atoms with Crippen molar-refractivity contribution in [3.8, 4) is 17.2 Å². The molecular weight excluding hydrogens is 417 g/mol. The highest BCUT2D eigenvalue weighted by Gasteiger charge is 2.14. The number of amides is 1. The lowest BCUT2D eigenvalue weighted by Gasteiger charge is -2.17. The Bertz CT molecular complexity index is 793. The van der Waals surface area contributed by atoms with Crippen molar-refractivity contribution in [1.29, 1.82) is 0 Å². The highest BCUT2D eigenvalue weighted by Crippen LogP contribution is 2.36. The molecule has 2 aromatic rings. The van der Waals surface area contributed by atoms with E-state index in [-0.39, 0.29) is 19.1 Å². The molecular formula is C21H25Cl2NO5. The van der Waals surface area contributed by atoms with E-state index in [1.165, 1.54) is 14.2 Å². The predicted octanol–water partition coefficient (Wildman–Crippen LogP) is 3.89. The molecule has 0 heterocycles. The van der Waals surface area contributed by atoms with Gasteiger partial charge < -0.3 is 24.6 Å². The molecule has 0 saturated heterocycles. The summed E-state index contributed by atoms with van der Waals surface area (Å²) in [5.41, 5.74) is 1.02. The second-order valence-corrected chi connectivity index (χ2v) is 7.18. The van der Waals surface area contributed by atoms with E-state index in [0.29, 0.717) is 46.6 Å². The van der Waals surface area contributed by atoms with Crippen LogP contribution in [0.3, 0.4) is 0 Å². The van der Waals surface area contributed by atoms with E-state index in [2.05, 4.69) is 5.32 Å². The first-order valence-electron chi connectivity index (χ1n) is 9.17. The summed E-state index contributed by atoms with van der Waals surface area (Å²) < 4.78 is 16.1. The van der Waals surface area contributed by atoms with Gasteiger partial charge in [0.25, 0.3) is 0 Å². The molecule has 0 aliphatic rings. The van der Waals surface area contributed by atoms with Crippen LogP contribution in [0.15, 0.2) is 36.4 Å². The van der Waals surface area contributed by atoms with Crippen LogP contribution >= 0.6 is 23.2 Å². The van der Waals surface area contributed by atoms with Crippen molar-refractivity contribution in [3.63, 3.8) is 0 Å². The lowest BCUT2D eigenvalue weighted by molar-refractivity contribution is -0.121. The molecule has 0 saturated carbocycles. The van der Waals surface area contributed by atoms with Gasteiger partial charge in [-0.25, -0.2) is 0 Å². The molecule has 1 atom stereocenters. The normalized spacial score (nSPS) is 11.6. The van der Waals surface area contributed by atoms with Crippen molar-refractivity contribution >= 4 is 29.1 Å². The number of para-hydroxylation sites is 1. The molecule has 8 heteroatoms. The molecule has 2 N–H and O–H groups in total. The molecule has 6 nitrogen and oxygen atoms in total. The van der Waals surface area contributed by atoms with Crippen LogP contribution in [0.4, 0.5) is 0 Å². The Hall–Kier alpha value is -2.15. The van der Waals surface area contributed by atoms with Gasteiger partial charge in [-0.3, -0.25) is 4.79 Å². The first-order valence-corrected chi connectivity index (χ1v) is 9.92. The van der Waals surface area contributed by atoms with Gasteiger partial charge >= 0.3 is 0 Å². The van der Waals surface area contributed by atoms with E-state index >= 15 is 0 Å². The lowest BCUT2D eigenvalue weighted by atomic mass is 10.1. The van der Waals surface area contributed by atoms with Crippen molar-refractivity contribution in [3.05, 3.63) is 52.0 Å². The fourth-order valence-corrected chi connectivity index (χ4v) is 2.99. The Morgan fingerprint density at radius 3 is 2.41 bits per heavy atom. The Morgan fingerprint density at radius 2 is 1.79 bits per heavy atom. The van der Waals surface area contributed by atoms with Crippen molar-refractivity contribution in [2.45, 2.75) is 25.4 Å². The summed E-state index contributed by atoms with van der Waals surface area (Å²) in [6.07, 6.45) is 0.843. The van der Waals surface area contributed by atoms with Crippen LogP contribution in [-0.4, -0.2) is 44.5 Å².